The molecule has 2 heteroatoms. The molecule has 0 bridgehead atoms. The summed E-state index contributed by atoms with van der Waals surface area (Å²) in [4.78, 5) is -0.0231. The molecular weight excluding hydrogens is 107 g/mol. The van der Waals surface area contributed by atoms with Gasteiger partial charge < -0.3 is 0 Å². The lowest BCUT2D eigenvalue weighted by atomic mass is 10.8. The molecule has 0 saturated heterocycles. The van der Waals surface area contributed by atoms with Crippen LogP contribution in [0.5, 0.6) is 0 Å². The number of halogens is 2. The molecule has 0 aliphatic rings. The SMILES string of the molecule is C#C[C](Cl)Cl. The van der Waals surface area contributed by atoms with E-state index in [0.29, 0.717) is 0 Å². The monoisotopic (exact) mass is 107 g/mol. The van der Waals surface area contributed by atoms with Crippen LogP contribution in [-0.2, 0) is 0 Å². The van der Waals surface area contributed by atoms with Crippen LogP contribution in [0.25, 0.3) is 0 Å². The molecule has 0 aliphatic heterocycles. The zero-order valence-corrected chi connectivity index (χ0v) is 3.85. The van der Waals surface area contributed by atoms with Crippen molar-refractivity contribution in [2.24, 2.45) is 0 Å². The van der Waals surface area contributed by atoms with E-state index in [4.69, 9.17) is 23.2 Å². The molecule has 0 unspecified atom stereocenters. The van der Waals surface area contributed by atoms with Crippen LogP contribution in [-0.4, -0.2) is 0 Å². The van der Waals surface area contributed by atoms with Gasteiger partial charge in [-0.05, 0) is 0 Å². The normalized spacial score (nSPS) is 7.60. The highest BCUT2D eigenvalue weighted by molar-refractivity contribution is 6.54. The maximum Gasteiger partial charge on any atom is 0.221 e. The van der Waals surface area contributed by atoms with E-state index in [1.165, 1.54) is 0 Å². The van der Waals surface area contributed by atoms with Crippen LogP contribution in [0.15, 0.2) is 0 Å². The van der Waals surface area contributed by atoms with Crippen molar-refractivity contribution in [1.29, 1.82) is 0 Å². The van der Waals surface area contributed by atoms with Gasteiger partial charge in [-0.1, -0.05) is 29.1 Å². The third-order valence-electron chi connectivity index (χ3n) is 0.109. The number of hydrogen-bond acceptors (Lipinski definition) is 0. The van der Waals surface area contributed by atoms with Crippen LogP contribution in [0.4, 0.5) is 0 Å². The summed E-state index contributed by atoms with van der Waals surface area (Å²) in [5.41, 5.74) is 0. The van der Waals surface area contributed by atoms with E-state index in [1.54, 1.807) is 0 Å². The molecule has 0 spiro atoms. The minimum Gasteiger partial charge on any atom is -0.117 e. The summed E-state index contributed by atoms with van der Waals surface area (Å²) in [5, 5.41) is 0. The van der Waals surface area contributed by atoms with Crippen molar-refractivity contribution in [3.63, 3.8) is 0 Å². The van der Waals surface area contributed by atoms with Gasteiger partial charge in [0.25, 0.3) is 0 Å². The molecular formula is C3HCl2. The minimum absolute atomic E-state index is 0.0231. The highest BCUT2D eigenvalue weighted by atomic mass is 35.5. The Kier molecular flexibility index (Phi) is 2.45. The summed E-state index contributed by atoms with van der Waals surface area (Å²) < 4.78 is 0. The fraction of sp³-hybridized carbons (Fsp3) is 0. The fourth-order valence-electron chi connectivity index (χ4n) is 0. The molecule has 0 amide bonds. The molecule has 0 fully saturated rings. The van der Waals surface area contributed by atoms with Crippen molar-refractivity contribution in [1.82, 2.24) is 0 Å². The lowest BCUT2D eigenvalue weighted by Crippen LogP contribution is -1.55. The predicted molar refractivity (Wildman–Crippen MR) is 23.8 cm³/mol. The summed E-state index contributed by atoms with van der Waals surface area (Å²) in [6.45, 7) is 0. The average molecular weight is 108 g/mol. The molecule has 0 aromatic carbocycles. The molecule has 0 saturated carbocycles. The van der Waals surface area contributed by atoms with Gasteiger partial charge in [0.2, 0.25) is 4.84 Å². The third kappa shape index (κ3) is 4.14. The largest absolute Gasteiger partial charge is 0.221 e. The summed E-state index contributed by atoms with van der Waals surface area (Å²) in [7, 11) is 0. The topological polar surface area (TPSA) is 0 Å². The molecule has 0 atom stereocenters. The van der Waals surface area contributed by atoms with Gasteiger partial charge >= 0.3 is 0 Å². The molecule has 0 N–H and O–H groups in total. The highest BCUT2D eigenvalue weighted by Crippen LogP contribution is 2.06. The molecule has 0 aliphatic carbocycles. The molecule has 0 nitrogen and oxygen atoms in total. The average Bonchev–Trinajstić information content (AvgIpc) is 1.38. The van der Waals surface area contributed by atoms with E-state index >= 15 is 0 Å². The van der Waals surface area contributed by atoms with Gasteiger partial charge in [0.1, 0.15) is 0 Å². The Bertz CT molecular complexity index is 50.4. The fourth-order valence-corrected chi connectivity index (χ4v) is 0. The Balaban J connectivity index is 2.94. The van der Waals surface area contributed by atoms with Crippen LogP contribution in [0.2, 0.25) is 0 Å². The van der Waals surface area contributed by atoms with Crippen molar-refractivity contribution in [3.8, 4) is 12.3 Å². The maximum atomic E-state index is 4.91. The second kappa shape index (κ2) is 2.38. The molecule has 0 heterocycles. The van der Waals surface area contributed by atoms with E-state index in [-0.39, 0.29) is 4.84 Å². The van der Waals surface area contributed by atoms with Crippen molar-refractivity contribution in [3.05, 3.63) is 4.84 Å². The van der Waals surface area contributed by atoms with Crippen LogP contribution < -0.4 is 0 Å². The summed E-state index contributed by atoms with van der Waals surface area (Å²) >= 11 is 9.82. The first-order valence-electron chi connectivity index (χ1n) is 0.917. The zero-order chi connectivity index (χ0) is 4.28. The molecule has 0 rings (SSSR count). The van der Waals surface area contributed by atoms with E-state index in [1.807, 2.05) is 5.92 Å². The summed E-state index contributed by atoms with van der Waals surface area (Å²) in [5.74, 6) is 1.98. The second-order valence-corrected chi connectivity index (χ2v) is 1.35. The molecule has 27 valence electrons. The van der Waals surface area contributed by atoms with Crippen molar-refractivity contribution in [2.45, 2.75) is 0 Å². The Morgan fingerprint density at radius 3 is 1.80 bits per heavy atom. The van der Waals surface area contributed by atoms with Crippen molar-refractivity contribution >= 4 is 23.2 Å². The highest BCUT2D eigenvalue weighted by Gasteiger charge is 1.84. The summed E-state index contributed by atoms with van der Waals surface area (Å²) in [6, 6.07) is 0. The van der Waals surface area contributed by atoms with Gasteiger partial charge in [-0.2, -0.15) is 0 Å². The Labute approximate surface area is 41.1 Å². The minimum atomic E-state index is -0.0231. The Morgan fingerprint density at radius 2 is 1.80 bits per heavy atom. The third-order valence-corrected chi connectivity index (χ3v) is 0.327. The van der Waals surface area contributed by atoms with E-state index < -0.39 is 0 Å². The quantitative estimate of drug-likeness (QED) is 0.413. The molecule has 1 radical (unpaired) electrons. The molecule has 0 aromatic rings. The standard InChI is InChI=1S/C3HCl2/c1-2-3(4)5/h1H. The molecule has 0 aromatic heterocycles. The Hall–Kier alpha value is 0.140. The van der Waals surface area contributed by atoms with Gasteiger partial charge in [-0.15, -0.1) is 6.42 Å². The first-order valence-corrected chi connectivity index (χ1v) is 1.67. The van der Waals surface area contributed by atoms with E-state index in [0.717, 1.165) is 0 Å². The van der Waals surface area contributed by atoms with Crippen LogP contribution in [0.1, 0.15) is 0 Å². The number of terminal acetylenes is 1. The number of hydrogen-bond donors (Lipinski definition) is 0. The Morgan fingerprint density at radius 1 is 1.60 bits per heavy atom. The molecule has 5 heavy (non-hydrogen) atoms. The summed E-state index contributed by atoms with van der Waals surface area (Å²) in [6.07, 6.45) is 4.62. The van der Waals surface area contributed by atoms with Gasteiger partial charge in [0, 0.05) is 0 Å². The number of rotatable bonds is 0. The van der Waals surface area contributed by atoms with Gasteiger partial charge in [0.05, 0.1) is 0 Å². The first kappa shape index (κ1) is 5.14. The lowest BCUT2D eigenvalue weighted by molar-refractivity contribution is 2.09. The van der Waals surface area contributed by atoms with Crippen LogP contribution in [0.3, 0.4) is 0 Å². The lowest BCUT2D eigenvalue weighted by Gasteiger charge is -1.71. The van der Waals surface area contributed by atoms with Gasteiger partial charge in [-0.25, -0.2) is 0 Å². The maximum absolute atomic E-state index is 4.91. The van der Waals surface area contributed by atoms with Crippen molar-refractivity contribution < 1.29 is 0 Å². The van der Waals surface area contributed by atoms with Gasteiger partial charge in [-0.3, -0.25) is 0 Å². The van der Waals surface area contributed by atoms with E-state index in [9.17, 15) is 0 Å². The van der Waals surface area contributed by atoms with Crippen LogP contribution >= 0.6 is 23.2 Å². The van der Waals surface area contributed by atoms with Gasteiger partial charge in [0.15, 0.2) is 0 Å². The zero-order valence-electron chi connectivity index (χ0n) is 2.33. The van der Waals surface area contributed by atoms with Crippen LogP contribution in [0, 0.1) is 17.2 Å². The van der Waals surface area contributed by atoms with E-state index in [2.05, 4.69) is 6.42 Å². The first-order chi connectivity index (χ1) is 2.27. The smallest absolute Gasteiger partial charge is 0.117 e. The second-order valence-electron chi connectivity index (χ2n) is 0.405. The predicted octanol–water partition coefficient (Wildman–Crippen LogP) is 1.59. The van der Waals surface area contributed by atoms with Crippen molar-refractivity contribution in [2.75, 3.05) is 0 Å².